The molecule has 1 atom stereocenters. The molecule has 25 heavy (non-hydrogen) atoms. The summed E-state index contributed by atoms with van der Waals surface area (Å²) < 4.78 is 8.28. The van der Waals surface area contributed by atoms with Gasteiger partial charge in [-0.15, -0.1) is 0 Å². The molecule has 0 aromatic carbocycles. The molecule has 7 heteroatoms. The summed E-state index contributed by atoms with van der Waals surface area (Å²) >= 11 is 0. The van der Waals surface area contributed by atoms with Crippen molar-refractivity contribution < 1.29 is 9.21 Å². The molecular weight excluding hydrogens is 322 g/mol. The van der Waals surface area contributed by atoms with Crippen LogP contribution < -0.4 is 16.6 Å². The normalized spacial score (nSPS) is 19.5. The van der Waals surface area contributed by atoms with Crippen molar-refractivity contribution in [1.29, 1.82) is 0 Å². The topological polar surface area (TPSA) is 86.2 Å². The smallest absolute Gasteiger partial charge is 0.332 e. The molecule has 4 rings (SSSR count). The van der Waals surface area contributed by atoms with E-state index in [0.717, 1.165) is 16.7 Å². The Labute approximate surface area is 143 Å². The third-order valence-electron chi connectivity index (χ3n) is 5.05. The molecule has 1 aliphatic heterocycles. The number of allylic oxidation sites excluding steroid dienone is 2. The first kappa shape index (κ1) is 15.7. The number of nitrogens with zero attached hydrogens (tertiary/aromatic N) is 2. The molecule has 0 spiro atoms. The van der Waals surface area contributed by atoms with E-state index in [9.17, 15) is 14.4 Å². The highest BCUT2D eigenvalue weighted by Crippen LogP contribution is 2.43. The third-order valence-corrected chi connectivity index (χ3v) is 5.05. The second-order valence-electron chi connectivity index (χ2n) is 6.64. The predicted molar refractivity (Wildman–Crippen MR) is 91.7 cm³/mol. The fraction of sp³-hybridized carbons (Fsp3) is 0.389. The molecule has 130 valence electrons. The first-order valence-corrected chi connectivity index (χ1v) is 8.29. The van der Waals surface area contributed by atoms with Crippen molar-refractivity contribution in [2.45, 2.75) is 32.1 Å². The van der Waals surface area contributed by atoms with Crippen molar-refractivity contribution >= 4 is 11.6 Å². The van der Waals surface area contributed by atoms with Crippen molar-refractivity contribution in [3.05, 3.63) is 61.3 Å². The van der Waals surface area contributed by atoms with Crippen molar-refractivity contribution in [3.8, 4) is 0 Å². The Kier molecular flexibility index (Phi) is 3.35. The number of nitrogens with one attached hydrogen (secondary N) is 1. The Morgan fingerprint density at radius 1 is 1.12 bits per heavy atom. The van der Waals surface area contributed by atoms with Gasteiger partial charge >= 0.3 is 5.69 Å². The molecule has 0 fully saturated rings. The van der Waals surface area contributed by atoms with Crippen LogP contribution in [0.3, 0.4) is 0 Å². The molecule has 0 bridgehead atoms. The lowest BCUT2D eigenvalue weighted by Gasteiger charge is -2.33. The zero-order valence-electron chi connectivity index (χ0n) is 14.4. The van der Waals surface area contributed by atoms with Crippen LogP contribution in [-0.4, -0.2) is 14.9 Å². The maximum atomic E-state index is 12.9. The minimum absolute atomic E-state index is 0.0226. The summed E-state index contributed by atoms with van der Waals surface area (Å²) in [5.41, 5.74) is 0.939. The monoisotopic (exact) mass is 341 g/mol. The highest BCUT2D eigenvalue weighted by molar-refractivity contribution is 6.00. The fourth-order valence-electron chi connectivity index (χ4n) is 3.79. The molecule has 0 amide bonds. The number of anilines is 1. The minimum Gasteiger partial charge on any atom is -0.465 e. The summed E-state index contributed by atoms with van der Waals surface area (Å²) in [4.78, 5) is 37.9. The Balaban J connectivity index is 2.09. The van der Waals surface area contributed by atoms with Gasteiger partial charge in [0.25, 0.3) is 5.56 Å². The van der Waals surface area contributed by atoms with E-state index in [1.807, 2.05) is 13.0 Å². The van der Waals surface area contributed by atoms with Crippen LogP contribution in [0, 0.1) is 6.92 Å². The molecule has 2 aromatic rings. The lowest BCUT2D eigenvalue weighted by molar-refractivity contribution is -0.116. The van der Waals surface area contributed by atoms with Gasteiger partial charge in [-0.1, -0.05) is 0 Å². The van der Waals surface area contributed by atoms with Crippen LogP contribution in [0.15, 0.2) is 37.4 Å². The second-order valence-corrected chi connectivity index (χ2v) is 6.64. The number of Topliss-reactive ketones (excluding diaryl/α,β-unsaturated/α-hetero) is 1. The van der Waals surface area contributed by atoms with Gasteiger partial charge in [-0.2, -0.15) is 0 Å². The van der Waals surface area contributed by atoms with Gasteiger partial charge in [-0.05, 0) is 31.9 Å². The molecule has 1 aliphatic carbocycles. The van der Waals surface area contributed by atoms with Crippen molar-refractivity contribution in [1.82, 2.24) is 9.13 Å². The lowest BCUT2D eigenvalue weighted by atomic mass is 9.79. The Hall–Kier alpha value is -2.83. The molecule has 7 nitrogen and oxygen atoms in total. The van der Waals surface area contributed by atoms with Crippen molar-refractivity contribution in [2.24, 2.45) is 14.1 Å². The van der Waals surface area contributed by atoms with Gasteiger partial charge in [-0.25, -0.2) is 4.79 Å². The highest BCUT2D eigenvalue weighted by Gasteiger charge is 2.40. The summed E-state index contributed by atoms with van der Waals surface area (Å²) in [7, 11) is 3.07. The van der Waals surface area contributed by atoms with Gasteiger partial charge in [0.1, 0.15) is 17.3 Å². The van der Waals surface area contributed by atoms with Gasteiger partial charge in [0, 0.05) is 31.8 Å². The number of aryl methyl sites for hydroxylation is 1. The van der Waals surface area contributed by atoms with Gasteiger partial charge < -0.3 is 9.73 Å². The summed E-state index contributed by atoms with van der Waals surface area (Å²) in [5.74, 6) is 1.15. The SMILES string of the molecule is Cc1ccc([C@@H]2C3=C(CCCC3=O)Nc3c2c(=O)n(C)c(=O)n3C)o1. The number of hydrogen-bond donors (Lipinski definition) is 1. The number of carbonyl (C=O) groups excluding carboxylic acids is 1. The van der Waals surface area contributed by atoms with Crippen LogP contribution in [0.2, 0.25) is 0 Å². The molecule has 1 N–H and O–H groups in total. The molecule has 0 radical (unpaired) electrons. The van der Waals surface area contributed by atoms with Crippen molar-refractivity contribution in [3.63, 3.8) is 0 Å². The number of fused-ring (bicyclic) bond motifs is 1. The summed E-state index contributed by atoms with van der Waals surface area (Å²) in [5, 5.41) is 3.18. The summed E-state index contributed by atoms with van der Waals surface area (Å²) in [6, 6.07) is 3.61. The van der Waals surface area contributed by atoms with Crippen LogP contribution in [-0.2, 0) is 18.9 Å². The highest BCUT2D eigenvalue weighted by atomic mass is 16.3. The van der Waals surface area contributed by atoms with E-state index in [4.69, 9.17) is 4.42 Å². The van der Waals surface area contributed by atoms with Gasteiger partial charge in [-0.3, -0.25) is 18.7 Å². The van der Waals surface area contributed by atoms with Crippen molar-refractivity contribution in [2.75, 3.05) is 5.32 Å². The molecule has 0 saturated heterocycles. The summed E-state index contributed by atoms with van der Waals surface area (Å²) in [6.45, 7) is 1.82. The van der Waals surface area contributed by atoms with E-state index in [-0.39, 0.29) is 5.78 Å². The van der Waals surface area contributed by atoms with Crippen LogP contribution in [0.4, 0.5) is 5.82 Å². The van der Waals surface area contributed by atoms with E-state index in [0.29, 0.717) is 41.3 Å². The van der Waals surface area contributed by atoms with Crippen LogP contribution in [0.25, 0.3) is 0 Å². The number of hydrogen-bond acceptors (Lipinski definition) is 5. The van der Waals surface area contributed by atoms with E-state index in [1.165, 1.54) is 11.6 Å². The van der Waals surface area contributed by atoms with E-state index < -0.39 is 17.2 Å². The lowest BCUT2D eigenvalue weighted by Crippen LogP contribution is -2.43. The van der Waals surface area contributed by atoms with Crippen LogP contribution in [0.5, 0.6) is 0 Å². The molecule has 2 aromatic heterocycles. The predicted octanol–water partition coefficient (Wildman–Crippen LogP) is 1.55. The average Bonchev–Trinajstić information content (AvgIpc) is 3.02. The van der Waals surface area contributed by atoms with Crippen LogP contribution >= 0.6 is 0 Å². The Morgan fingerprint density at radius 2 is 1.88 bits per heavy atom. The number of furan rings is 1. The average molecular weight is 341 g/mol. The maximum absolute atomic E-state index is 12.9. The zero-order valence-corrected chi connectivity index (χ0v) is 14.4. The van der Waals surface area contributed by atoms with Crippen LogP contribution in [0.1, 0.15) is 42.3 Å². The number of carbonyl (C=O) groups is 1. The number of rotatable bonds is 1. The molecule has 2 aliphatic rings. The standard InChI is InChI=1S/C18H19N3O4/c1-9-7-8-12(25-9)14-13-10(5-4-6-11(13)22)19-16-15(14)17(23)21(3)18(24)20(16)2/h7-8,14,19H,4-6H2,1-3H3/t14-/m1/s1. The molecule has 3 heterocycles. The fourth-order valence-corrected chi connectivity index (χ4v) is 3.79. The van der Waals surface area contributed by atoms with E-state index in [2.05, 4.69) is 5.32 Å². The van der Waals surface area contributed by atoms with Gasteiger partial charge in [0.15, 0.2) is 5.78 Å². The first-order chi connectivity index (χ1) is 11.9. The van der Waals surface area contributed by atoms with Gasteiger partial charge in [0.05, 0.1) is 11.5 Å². The third kappa shape index (κ3) is 2.15. The second kappa shape index (κ2) is 5.34. The maximum Gasteiger partial charge on any atom is 0.332 e. The molecular formula is C18H19N3O4. The summed E-state index contributed by atoms with van der Waals surface area (Å²) in [6.07, 6.45) is 1.92. The molecule has 0 saturated carbocycles. The number of ketones is 1. The van der Waals surface area contributed by atoms with E-state index >= 15 is 0 Å². The largest absolute Gasteiger partial charge is 0.465 e. The Bertz CT molecular complexity index is 1050. The Morgan fingerprint density at radius 3 is 2.56 bits per heavy atom. The molecule has 0 unspecified atom stereocenters. The minimum atomic E-state index is -0.585. The van der Waals surface area contributed by atoms with Gasteiger partial charge in [0.2, 0.25) is 0 Å². The van der Waals surface area contributed by atoms with E-state index in [1.54, 1.807) is 13.1 Å². The number of aromatic nitrogens is 2. The zero-order chi connectivity index (χ0) is 17.9. The first-order valence-electron chi connectivity index (χ1n) is 8.29. The quantitative estimate of drug-likeness (QED) is 0.850.